The number of benzene rings is 1. The zero-order chi connectivity index (χ0) is 12.5. The molecule has 0 spiro atoms. The second kappa shape index (κ2) is 5.33. The summed E-state index contributed by atoms with van der Waals surface area (Å²) in [7, 11) is -5.03. The van der Waals surface area contributed by atoms with Crippen LogP contribution < -0.4 is 18.9 Å². The van der Waals surface area contributed by atoms with Crippen LogP contribution in [0, 0.1) is 0 Å². The Hall–Kier alpha value is -1.33. The molecule has 0 aliphatic heterocycles. The van der Waals surface area contributed by atoms with Crippen molar-refractivity contribution in [2.45, 2.75) is 4.90 Å². The van der Waals surface area contributed by atoms with Gasteiger partial charge >= 0.3 is 30.8 Å². The number of hydrogen-bond acceptors (Lipinski definition) is 5. The van der Waals surface area contributed by atoms with Gasteiger partial charge in [0.2, 0.25) is 0 Å². The molecule has 0 atom stereocenters. The van der Waals surface area contributed by atoms with Crippen LogP contribution in [-0.4, -0.2) is 35.1 Å². The van der Waals surface area contributed by atoms with E-state index in [0.29, 0.717) is 0 Å². The molecule has 7 nitrogen and oxygen atoms in total. The van der Waals surface area contributed by atoms with E-state index in [1.54, 1.807) is 0 Å². The number of hydrogen-bond donors (Lipinski definition) is 2. The molecule has 0 aromatic heterocycles. The van der Waals surface area contributed by atoms with Crippen LogP contribution in [0.15, 0.2) is 23.1 Å². The fourth-order valence-corrected chi connectivity index (χ4v) is 1.83. The van der Waals surface area contributed by atoms with Gasteiger partial charge in [0.15, 0.2) is 0 Å². The molecule has 0 aliphatic rings. The van der Waals surface area contributed by atoms with Gasteiger partial charge in [-0.3, -0.25) is 0 Å². The van der Waals surface area contributed by atoms with E-state index in [0.717, 1.165) is 18.2 Å². The molecule has 17 heavy (non-hydrogen) atoms. The Morgan fingerprint density at radius 3 is 2.00 bits per heavy atom. The molecule has 0 fully saturated rings. The first-order valence-electron chi connectivity index (χ1n) is 3.80. The van der Waals surface area contributed by atoms with Crippen LogP contribution in [0.25, 0.3) is 0 Å². The van der Waals surface area contributed by atoms with Gasteiger partial charge < -0.3 is 14.8 Å². The molecule has 2 N–H and O–H groups in total. The molecular weight excluding hydrogens is 247 g/mol. The third kappa shape index (κ3) is 3.31. The summed E-state index contributed by atoms with van der Waals surface area (Å²) >= 11 is 0. The van der Waals surface area contributed by atoms with Crippen molar-refractivity contribution >= 4 is 22.1 Å². The maximum Gasteiger partial charge on any atom is 1.00 e. The maximum absolute atomic E-state index is 10.7. The van der Waals surface area contributed by atoms with Crippen molar-refractivity contribution in [3.05, 3.63) is 29.3 Å². The van der Waals surface area contributed by atoms with Crippen LogP contribution in [0.3, 0.4) is 0 Å². The molecule has 0 saturated carbocycles. The van der Waals surface area contributed by atoms with Crippen LogP contribution in [0.5, 0.6) is 0 Å². The molecule has 0 amide bonds. The minimum Gasteiger partial charge on any atom is -0.744 e. The minimum absolute atomic E-state index is 0. The zero-order valence-electron chi connectivity index (χ0n) is 8.58. The summed E-state index contributed by atoms with van der Waals surface area (Å²) in [6, 6.07) is 2.64. The van der Waals surface area contributed by atoms with Gasteiger partial charge in [-0.25, -0.2) is 18.0 Å². The van der Waals surface area contributed by atoms with Gasteiger partial charge in [-0.2, -0.15) is 0 Å². The Balaban J connectivity index is 0.00000256. The van der Waals surface area contributed by atoms with E-state index in [2.05, 4.69) is 0 Å². The molecule has 0 saturated heterocycles. The maximum atomic E-state index is 10.7. The average Bonchev–Trinajstić information content (AvgIpc) is 2.14. The Labute approximate surface area is 108 Å². The van der Waals surface area contributed by atoms with Crippen molar-refractivity contribution in [3.63, 3.8) is 0 Å². The van der Waals surface area contributed by atoms with Crippen molar-refractivity contribution in [2.24, 2.45) is 0 Å². The summed E-state index contributed by atoms with van der Waals surface area (Å²) in [6.07, 6.45) is 0. The molecule has 9 heteroatoms. The topological polar surface area (TPSA) is 132 Å². The third-order valence-electron chi connectivity index (χ3n) is 1.74. The number of carbonyl (C=O) groups is 2. The standard InChI is InChI=1S/C8H6O7S.Li/c9-7(10)4-2-1-3-5(16(13,14)15)6(4)8(11)12;/h1-3H,(H,9,10)(H,11,12)(H,13,14,15);/q;+1/p-1. The van der Waals surface area contributed by atoms with Crippen LogP contribution in [0.2, 0.25) is 0 Å². The Morgan fingerprint density at radius 1 is 1.12 bits per heavy atom. The van der Waals surface area contributed by atoms with E-state index >= 15 is 0 Å². The fraction of sp³-hybridized carbons (Fsp3) is 0. The van der Waals surface area contributed by atoms with Gasteiger partial charge in [0, 0.05) is 0 Å². The van der Waals surface area contributed by atoms with Gasteiger partial charge in [0.25, 0.3) is 0 Å². The Morgan fingerprint density at radius 2 is 1.65 bits per heavy atom. The minimum atomic E-state index is -5.03. The molecule has 86 valence electrons. The summed E-state index contributed by atoms with van der Waals surface area (Å²) in [5.41, 5.74) is -1.77. The van der Waals surface area contributed by atoms with Crippen molar-refractivity contribution in [1.82, 2.24) is 0 Å². The molecule has 1 aromatic carbocycles. The molecule has 1 aromatic rings. The summed E-state index contributed by atoms with van der Waals surface area (Å²) in [4.78, 5) is 20.3. The number of rotatable bonds is 3. The van der Waals surface area contributed by atoms with Crippen LogP contribution >= 0.6 is 0 Å². The summed E-state index contributed by atoms with van der Waals surface area (Å²) < 4.78 is 32.2. The first kappa shape index (κ1) is 15.7. The second-order valence-electron chi connectivity index (χ2n) is 2.74. The molecule has 0 bridgehead atoms. The van der Waals surface area contributed by atoms with E-state index in [-0.39, 0.29) is 18.9 Å². The van der Waals surface area contributed by atoms with E-state index in [1.165, 1.54) is 0 Å². The number of aromatic carboxylic acids is 2. The SMILES string of the molecule is O=C(O)c1cccc(S(=O)(=O)[O-])c1C(=O)O.[Li+]. The quantitative estimate of drug-likeness (QED) is 0.432. The van der Waals surface area contributed by atoms with Crippen molar-refractivity contribution in [1.29, 1.82) is 0 Å². The zero-order valence-corrected chi connectivity index (χ0v) is 9.39. The Kier molecular flexibility index (Phi) is 4.91. The number of carboxylic acid groups (broad SMARTS) is 2. The smallest absolute Gasteiger partial charge is 0.744 e. The molecule has 0 heterocycles. The molecule has 0 radical (unpaired) electrons. The third-order valence-corrected chi connectivity index (χ3v) is 2.62. The molecule has 0 unspecified atom stereocenters. The second-order valence-corrected chi connectivity index (χ2v) is 4.09. The van der Waals surface area contributed by atoms with E-state index < -0.39 is 38.1 Å². The van der Waals surface area contributed by atoms with Gasteiger partial charge in [-0.05, 0) is 12.1 Å². The van der Waals surface area contributed by atoms with E-state index in [9.17, 15) is 22.6 Å². The molecule has 1 rings (SSSR count). The summed E-state index contributed by atoms with van der Waals surface area (Å²) in [6.45, 7) is 0. The van der Waals surface area contributed by atoms with Crippen molar-refractivity contribution in [3.8, 4) is 0 Å². The van der Waals surface area contributed by atoms with Gasteiger partial charge in [-0.15, -0.1) is 0 Å². The molecule has 0 aliphatic carbocycles. The van der Waals surface area contributed by atoms with E-state index in [1.807, 2.05) is 0 Å². The van der Waals surface area contributed by atoms with Crippen LogP contribution in [0.4, 0.5) is 0 Å². The number of carboxylic acids is 2. The van der Waals surface area contributed by atoms with Gasteiger partial charge in [0.1, 0.15) is 10.1 Å². The largest absolute Gasteiger partial charge is 1.00 e. The first-order chi connectivity index (χ1) is 7.25. The van der Waals surface area contributed by atoms with Crippen LogP contribution in [-0.2, 0) is 10.1 Å². The normalized spacial score (nSPS) is 10.4. The van der Waals surface area contributed by atoms with Crippen molar-refractivity contribution in [2.75, 3.05) is 0 Å². The first-order valence-corrected chi connectivity index (χ1v) is 5.21. The van der Waals surface area contributed by atoms with E-state index in [4.69, 9.17) is 10.2 Å². The van der Waals surface area contributed by atoms with Crippen LogP contribution in [0.1, 0.15) is 20.7 Å². The predicted octanol–water partition coefficient (Wildman–Crippen LogP) is -3.01. The molecular formula is C8H5LiO7S. The average molecular weight is 252 g/mol. The van der Waals surface area contributed by atoms with Crippen molar-refractivity contribution < 1.29 is 51.6 Å². The summed E-state index contributed by atoms with van der Waals surface area (Å²) in [5.74, 6) is -3.41. The fourth-order valence-electron chi connectivity index (χ4n) is 1.14. The predicted molar refractivity (Wildman–Crippen MR) is 48.3 cm³/mol. The Bertz CT molecular complexity index is 563. The monoisotopic (exact) mass is 252 g/mol. The van der Waals surface area contributed by atoms with Gasteiger partial charge in [0.05, 0.1) is 16.0 Å². The van der Waals surface area contributed by atoms with Gasteiger partial charge in [-0.1, -0.05) is 6.07 Å². The summed E-state index contributed by atoms with van der Waals surface area (Å²) in [5, 5.41) is 17.3.